The maximum Gasteiger partial charge on any atom is 0.313 e. The fourth-order valence-corrected chi connectivity index (χ4v) is 7.89. The number of aliphatic carboxylic acids is 1. The molecule has 3 atom stereocenters. The van der Waals surface area contributed by atoms with Gasteiger partial charge in [0.1, 0.15) is 22.9 Å². The number of aryl methyl sites for hydroxylation is 1. The average Bonchev–Trinajstić information content (AvgIpc) is 3.76. The average molecular weight is 641 g/mol. The number of amides is 2. The van der Waals surface area contributed by atoms with Crippen molar-refractivity contribution in [2.75, 3.05) is 30.9 Å². The van der Waals surface area contributed by atoms with Crippen LogP contribution in [0.5, 0.6) is 0 Å². The Morgan fingerprint density at radius 3 is 2.79 bits per heavy atom. The number of nitrogens with two attached hydrogens (primary N) is 1. The molecule has 17 nitrogen and oxygen atoms in total. The van der Waals surface area contributed by atoms with E-state index in [0.717, 1.165) is 49.0 Å². The van der Waals surface area contributed by atoms with Crippen LogP contribution in [-0.4, -0.2) is 112 Å². The van der Waals surface area contributed by atoms with Crippen LogP contribution in [-0.2, 0) is 35.3 Å². The molecule has 42 heavy (non-hydrogen) atoms. The summed E-state index contributed by atoms with van der Waals surface area (Å²) in [6, 6.07) is -0.889. The zero-order valence-corrected chi connectivity index (χ0v) is 24.8. The van der Waals surface area contributed by atoms with E-state index >= 15 is 0 Å². The lowest BCUT2D eigenvalue weighted by Crippen LogP contribution is -2.74. The molecule has 2 amide bonds. The summed E-state index contributed by atoms with van der Waals surface area (Å²) < 4.78 is 10.1. The highest BCUT2D eigenvalue weighted by atomic mass is 32.2. The van der Waals surface area contributed by atoms with Crippen LogP contribution < -0.4 is 11.1 Å². The number of rotatable bonds is 12. The van der Waals surface area contributed by atoms with Gasteiger partial charge < -0.3 is 30.6 Å². The van der Waals surface area contributed by atoms with E-state index in [4.69, 9.17) is 10.6 Å². The minimum absolute atomic E-state index is 0.00349. The fourth-order valence-electron chi connectivity index (χ4n) is 4.69. The number of nitrogen functional groups attached to an aromatic ring is 1. The number of anilines is 1. The quantitative estimate of drug-likeness (QED) is 0.0881. The number of hydrogen-bond acceptors (Lipinski definition) is 16. The first-order valence-electron chi connectivity index (χ1n) is 13.0. The van der Waals surface area contributed by atoms with Gasteiger partial charge in [-0.2, -0.15) is 9.36 Å². The summed E-state index contributed by atoms with van der Waals surface area (Å²) in [4.78, 5) is 61.3. The highest BCUT2D eigenvalue weighted by Gasteiger charge is 2.57. The maximum atomic E-state index is 13.2. The van der Waals surface area contributed by atoms with Crippen molar-refractivity contribution in [3.05, 3.63) is 5.82 Å². The maximum absolute atomic E-state index is 13.2. The van der Waals surface area contributed by atoms with E-state index in [2.05, 4.69) is 40.1 Å². The number of thioether (sulfide) groups is 2. The van der Waals surface area contributed by atoms with E-state index in [0.29, 0.717) is 5.16 Å². The molecule has 3 fully saturated rings. The van der Waals surface area contributed by atoms with E-state index < -0.39 is 40.6 Å². The molecule has 5 rings (SSSR count). The molecule has 4 heterocycles. The summed E-state index contributed by atoms with van der Waals surface area (Å²) in [5, 5.41) is 28.3. The van der Waals surface area contributed by atoms with Gasteiger partial charge >= 0.3 is 11.9 Å². The topological polar surface area (TPSA) is 230 Å². The first-order chi connectivity index (χ1) is 20.2. The van der Waals surface area contributed by atoms with E-state index in [1.165, 1.54) is 28.5 Å². The predicted molar refractivity (Wildman–Crippen MR) is 149 cm³/mol. The van der Waals surface area contributed by atoms with E-state index in [1.807, 2.05) is 0 Å². The van der Waals surface area contributed by atoms with Crippen molar-refractivity contribution in [3.63, 3.8) is 0 Å². The van der Waals surface area contributed by atoms with E-state index in [-0.39, 0.29) is 53.8 Å². The number of oxime groups is 1. The summed E-state index contributed by atoms with van der Waals surface area (Å²) in [7, 11) is 1.28. The minimum Gasteiger partial charge on any atom is -0.481 e. The Hall–Kier alpha value is -3.52. The Balaban J connectivity index is 1.22. The molecule has 0 aromatic carbocycles. The number of β-lactam (4-membered cyclic amide) rings is 1. The lowest BCUT2D eigenvalue weighted by molar-refractivity contribution is -0.157. The third kappa shape index (κ3) is 6.28. The first kappa shape index (κ1) is 30.0. The summed E-state index contributed by atoms with van der Waals surface area (Å²) in [5.41, 5.74) is 4.23. The summed E-state index contributed by atoms with van der Waals surface area (Å²) in [6.45, 7) is 0.114. The molecule has 2 aromatic heterocycles. The molecule has 226 valence electrons. The van der Waals surface area contributed by atoms with Gasteiger partial charge in [0.25, 0.3) is 5.91 Å². The minimum atomic E-state index is -1.29. The van der Waals surface area contributed by atoms with Gasteiger partial charge in [0, 0.05) is 29.6 Å². The molecular weight excluding hydrogens is 613 g/mol. The second-order valence-corrected chi connectivity index (χ2v) is 12.7. The largest absolute Gasteiger partial charge is 0.481 e. The predicted octanol–water partition coefficient (Wildman–Crippen LogP) is -0.404. The number of hydrogen-bond donors (Lipinski definition) is 3. The zero-order chi connectivity index (χ0) is 29.9. The van der Waals surface area contributed by atoms with E-state index in [9.17, 15) is 24.3 Å². The monoisotopic (exact) mass is 640 g/mol. The van der Waals surface area contributed by atoms with Gasteiger partial charge in [-0.3, -0.25) is 19.2 Å². The molecule has 3 aliphatic rings. The molecule has 2 unspecified atom stereocenters. The normalized spacial score (nSPS) is 24.2. The van der Waals surface area contributed by atoms with Crippen LogP contribution in [0.4, 0.5) is 5.13 Å². The van der Waals surface area contributed by atoms with Crippen molar-refractivity contribution in [1.29, 1.82) is 0 Å². The Bertz CT molecular complexity index is 1380. The molecule has 2 aromatic rings. The number of carboxylic acid groups (broad SMARTS) is 1. The smallest absolute Gasteiger partial charge is 0.313 e. The van der Waals surface area contributed by atoms with Crippen molar-refractivity contribution >= 4 is 69.7 Å². The number of methoxy groups -OCH3 is 1. The molecule has 2 saturated heterocycles. The number of nitrogens with zero attached hydrogens (tertiary/aromatic N) is 8. The van der Waals surface area contributed by atoms with Gasteiger partial charge in [-0.05, 0) is 36.1 Å². The highest BCUT2D eigenvalue weighted by Crippen LogP contribution is 2.44. The van der Waals surface area contributed by atoms with Crippen LogP contribution in [0, 0.1) is 5.41 Å². The van der Waals surface area contributed by atoms with Crippen LogP contribution in [0.15, 0.2) is 10.3 Å². The van der Waals surface area contributed by atoms with Gasteiger partial charge in [0.15, 0.2) is 5.13 Å². The first-order valence-corrected chi connectivity index (χ1v) is 15.8. The van der Waals surface area contributed by atoms with Gasteiger partial charge in [0.05, 0.1) is 20.1 Å². The van der Waals surface area contributed by atoms with Gasteiger partial charge in [-0.25, -0.2) is 4.68 Å². The second kappa shape index (κ2) is 12.8. The number of carboxylic acids is 1. The van der Waals surface area contributed by atoms with Crippen molar-refractivity contribution in [2.24, 2.45) is 10.6 Å². The molecule has 2 aliphatic heterocycles. The number of esters is 1. The zero-order valence-electron chi connectivity index (χ0n) is 22.4. The molecule has 0 radical (unpaired) electrons. The number of nitrogens with one attached hydrogen (secondary N) is 1. The molecular formula is C22H28N10O7S3. The Morgan fingerprint density at radius 1 is 1.31 bits per heavy atom. The fraction of sp³-hybridized carbons (Fsp3) is 0.636. The van der Waals surface area contributed by atoms with Crippen LogP contribution in [0.3, 0.4) is 0 Å². The standard InChI is InChI=1S/C22H28N10O7S3/c1-38-12(33)6-7-32-21(26-29-30-32)41-10-22(19(36)37)8-31-17(35)14(18(31)40-9-22)24-16(34)13(15-25-20(23)42-28-15)27-39-11-4-2-3-5-11/h11,14,18H,2-10H2,1H3,(H,24,34)(H,36,37)(H2,23,25,28)/t14?,18-,22?/m1/s1. The molecule has 1 saturated carbocycles. The van der Waals surface area contributed by atoms with E-state index in [1.54, 1.807) is 0 Å². The number of tetrazole rings is 1. The Morgan fingerprint density at radius 2 is 2.10 bits per heavy atom. The Labute approximate surface area is 251 Å². The third-order valence-corrected chi connectivity index (χ3v) is 10.5. The molecule has 4 N–H and O–H groups in total. The lowest BCUT2D eigenvalue weighted by atomic mass is 9.89. The number of carbonyl (C=O) groups is 4. The van der Waals surface area contributed by atoms with Crippen molar-refractivity contribution in [2.45, 2.75) is 61.3 Å². The number of carbonyl (C=O) groups excluding carboxylic acids is 3. The summed E-state index contributed by atoms with van der Waals surface area (Å²) >= 11 is 3.29. The van der Waals surface area contributed by atoms with Crippen molar-refractivity contribution in [3.8, 4) is 0 Å². The second-order valence-electron chi connectivity index (χ2n) is 9.91. The van der Waals surface area contributed by atoms with Gasteiger partial charge in [0.2, 0.25) is 22.6 Å². The lowest BCUT2D eigenvalue weighted by Gasteiger charge is -2.53. The van der Waals surface area contributed by atoms with Crippen LogP contribution in [0.25, 0.3) is 0 Å². The highest BCUT2D eigenvalue weighted by molar-refractivity contribution is 8.00. The molecule has 0 spiro atoms. The third-order valence-electron chi connectivity index (χ3n) is 7.08. The Kier molecular flexibility index (Phi) is 9.11. The summed E-state index contributed by atoms with van der Waals surface area (Å²) in [5.74, 6) is -2.34. The summed E-state index contributed by atoms with van der Waals surface area (Å²) in [6.07, 6.45) is 3.61. The number of aromatic nitrogens is 6. The van der Waals surface area contributed by atoms with Crippen molar-refractivity contribution in [1.82, 2.24) is 39.8 Å². The van der Waals surface area contributed by atoms with Gasteiger partial charge in [-0.1, -0.05) is 16.9 Å². The van der Waals surface area contributed by atoms with Crippen LogP contribution >= 0.6 is 35.1 Å². The molecule has 1 aliphatic carbocycles. The molecule has 0 bridgehead atoms. The van der Waals surface area contributed by atoms with Gasteiger partial charge in [-0.15, -0.1) is 16.9 Å². The number of ether oxygens (including phenoxy) is 1. The van der Waals surface area contributed by atoms with Crippen LogP contribution in [0.1, 0.15) is 37.9 Å². The van der Waals surface area contributed by atoms with Crippen LogP contribution in [0.2, 0.25) is 0 Å². The molecule has 20 heteroatoms. The SMILES string of the molecule is COC(=O)CCn1nnnc1SCC1(C(=O)O)CS[C@@H]2C(NC(=O)C(=NOC3CCCC3)c3nsc(N)n3)C(=O)N2C1. The van der Waals surface area contributed by atoms with Crippen molar-refractivity contribution < 1.29 is 33.9 Å². The number of fused-ring (bicyclic) bond motifs is 1.